The lowest BCUT2D eigenvalue weighted by Crippen LogP contribution is -2.27. The molecule has 0 atom stereocenters. The van der Waals surface area contributed by atoms with E-state index in [1.165, 1.54) is 0 Å². The molecular formula is C29H32N8O5. The van der Waals surface area contributed by atoms with Crippen LogP contribution in [-0.4, -0.2) is 71.4 Å². The monoisotopic (exact) mass is 572 g/mol. The summed E-state index contributed by atoms with van der Waals surface area (Å²) in [5, 5.41) is 21.6. The third-order valence-electron chi connectivity index (χ3n) is 5.65. The highest BCUT2D eigenvalue weighted by Crippen LogP contribution is 2.20. The van der Waals surface area contributed by atoms with E-state index in [2.05, 4.69) is 36.2 Å². The van der Waals surface area contributed by atoms with Crippen molar-refractivity contribution < 1.29 is 24.2 Å². The smallest absolute Gasteiger partial charge is 0.251 e. The number of nitrogens with zero attached hydrogens (tertiary/aromatic N) is 3. The molecule has 0 bridgehead atoms. The number of amides is 2. The topological polar surface area (TPSA) is 186 Å². The van der Waals surface area contributed by atoms with Gasteiger partial charge in [0.25, 0.3) is 5.91 Å². The van der Waals surface area contributed by atoms with Crippen molar-refractivity contribution in [2.45, 2.75) is 0 Å². The molecule has 0 fully saturated rings. The lowest BCUT2D eigenvalue weighted by Gasteiger charge is -2.12. The second-order valence-electron chi connectivity index (χ2n) is 8.82. The van der Waals surface area contributed by atoms with Crippen molar-refractivity contribution in [1.82, 2.24) is 20.3 Å². The van der Waals surface area contributed by atoms with E-state index in [9.17, 15) is 14.7 Å². The van der Waals surface area contributed by atoms with Crippen LogP contribution in [0.25, 0.3) is 0 Å². The minimum absolute atomic E-state index is 0.138. The molecule has 7 N–H and O–H groups in total. The fraction of sp³-hybridized carbons (Fsp3) is 0.207. The Morgan fingerprint density at radius 1 is 0.667 bits per heavy atom. The zero-order valence-electron chi connectivity index (χ0n) is 22.7. The Hall–Kier alpha value is -5.27. The third kappa shape index (κ3) is 9.73. The van der Waals surface area contributed by atoms with Gasteiger partial charge in [0.2, 0.25) is 23.8 Å². The summed E-state index contributed by atoms with van der Waals surface area (Å²) >= 11 is 0. The van der Waals surface area contributed by atoms with Crippen molar-refractivity contribution in [3.63, 3.8) is 0 Å². The number of carbonyl (C=O) groups excluding carboxylic acids is 2. The van der Waals surface area contributed by atoms with E-state index < -0.39 is 5.91 Å². The van der Waals surface area contributed by atoms with Gasteiger partial charge in [0.05, 0.1) is 26.4 Å². The van der Waals surface area contributed by atoms with Crippen molar-refractivity contribution in [2.75, 3.05) is 55.5 Å². The standard InChI is InChI=1S/C29H32N8O5/c30-25(39)20-6-8-22(9-7-20)33-28-35-27(36-29(37-28)34-23-10-12-24(38)13-11-23)32-15-17-42-19-18-41-16-14-31-26(40)21-4-2-1-3-5-21/h1-13,38H,14-19H2,(H2,30,39)(H,31,40)(H3,32,33,34,35,36,37). The molecule has 0 saturated heterocycles. The van der Waals surface area contributed by atoms with Gasteiger partial charge in [-0.05, 0) is 60.7 Å². The first-order chi connectivity index (χ1) is 20.5. The quantitative estimate of drug-likeness (QED) is 0.0856. The van der Waals surface area contributed by atoms with Gasteiger partial charge in [-0.3, -0.25) is 9.59 Å². The van der Waals surface area contributed by atoms with E-state index in [1.54, 1.807) is 60.7 Å². The maximum atomic E-state index is 12.0. The van der Waals surface area contributed by atoms with E-state index in [1.807, 2.05) is 18.2 Å². The number of phenols is 1. The number of rotatable bonds is 16. The van der Waals surface area contributed by atoms with Crippen LogP contribution < -0.4 is 27.0 Å². The molecule has 2 amide bonds. The van der Waals surface area contributed by atoms with Gasteiger partial charge in [-0.15, -0.1) is 0 Å². The summed E-state index contributed by atoms with van der Waals surface area (Å²) < 4.78 is 11.1. The number of aromatic hydroxyl groups is 1. The lowest BCUT2D eigenvalue weighted by molar-refractivity contribution is 0.0519. The maximum absolute atomic E-state index is 12.0. The highest BCUT2D eigenvalue weighted by atomic mass is 16.5. The molecule has 0 spiro atoms. The van der Waals surface area contributed by atoms with Crippen molar-refractivity contribution in [2.24, 2.45) is 5.73 Å². The molecule has 0 aliphatic carbocycles. The number of hydrogen-bond acceptors (Lipinski definition) is 11. The van der Waals surface area contributed by atoms with Crippen LogP contribution in [0.3, 0.4) is 0 Å². The molecule has 13 nitrogen and oxygen atoms in total. The second-order valence-corrected chi connectivity index (χ2v) is 8.82. The average Bonchev–Trinajstić information content (AvgIpc) is 3.00. The number of hydrogen-bond donors (Lipinski definition) is 6. The molecule has 4 rings (SSSR count). The second kappa shape index (κ2) is 15.5. The Morgan fingerprint density at radius 3 is 1.81 bits per heavy atom. The summed E-state index contributed by atoms with van der Waals surface area (Å²) in [6, 6.07) is 22.1. The van der Waals surface area contributed by atoms with Gasteiger partial charge in [0.15, 0.2) is 0 Å². The predicted octanol–water partition coefficient (Wildman–Crippen LogP) is 3.04. The normalized spacial score (nSPS) is 10.6. The minimum atomic E-state index is -0.519. The maximum Gasteiger partial charge on any atom is 0.251 e. The number of nitrogens with one attached hydrogen (secondary N) is 4. The molecule has 4 aromatic rings. The molecule has 0 unspecified atom stereocenters. The van der Waals surface area contributed by atoms with Crippen molar-refractivity contribution in [3.05, 3.63) is 90.0 Å². The minimum Gasteiger partial charge on any atom is -0.508 e. The van der Waals surface area contributed by atoms with Crippen molar-refractivity contribution in [1.29, 1.82) is 0 Å². The molecule has 218 valence electrons. The van der Waals surface area contributed by atoms with E-state index in [0.717, 1.165) is 0 Å². The highest BCUT2D eigenvalue weighted by Gasteiger charge is 2.09. The molecule has 0 aliphatic rings. The Morgan fingerprint density at radius 2 is 1.21 bits per heavy atom. The number of nitrogens with two attached hydrogens (primary N) is 1. The number of ether oxygens (including phenoxy) is 2. The summed E-state index contributed by atoms with van der Waals surface area (Å²) in [7, 11) is 0. The molecule has 1 aromatic heterocycles. The fourth-order valence-electron chi connectivity index (χ4n) is 3.57. The van der Waals surface area contributed by atoms with E-state index >= 15 is 0 Å². The molecule has 1 heterocycles. The molecule has 0 aliphatic heterocycles. The summed E-state index contributed by atoms with van der Waals surface area (Å²) in [5.41, 5.74) is 7.63. The molecule has 42 heavy (non-hydrogen) atoms. The lowest BCUT2D eigenvalue weighted by atomic mass is 10.2. The number of phenolic OH excluding ortho intramolecular Hbond substituents is 1. The van der Waals surface area contributed by atoms with Crippen LogP contribution in [0.4, 0.5) is 29.2 Å². The van der Waals surface area contributed by atoms with Crippen LogP contribution in [0.5, 0.6) is 5.75 Å². The van der Waals surface area contributed by atoms with Crippen LogP contribution in [0.1, 0.15) is 20.7 Å². The highest BCUT2D eigenvalue weighted by molar-refractivity contribution is 5.94. The van der Waals surface area contributed by atoms with Gasteiger partial charge in [-0.2, -0.15) is 15.0 Å². The Bertz CT molecular complexity index is 1440. The Labute approximate surface area is 242 Å². The summed E-state index contributed by atoms with van der Waals surface area (Å²) in [6.45, 7) is 2.34. The zero-order valence-corrected chi connectivity index (χ0v) is 22.7. The first-order valence-electron chi connectivity index (χ1n) is 13.2. The van der Waals surface area contributed by atoms with Gasteiger partial charge in [0.1, 0.15) is 5.75 Å². The molecule has 13 heteroatoms. The molecule has 3 aromatic carbocycles. The number of primary amides is 1. The number of anilines is 5. The van der Waals surface area contributed by atoms with Crippen molar-refractivity contribution >= 4 is 41.0 Å². The first-order valence-corrected chi connectivity index (χ1v) is 13.2. The third-order valence-corrected chi connectivity index (χ3v) is 5.65. The molecule has 0 saturated carbocycles. The predicted molar refractivity (Wildman–Crippen MR) is 158 cm³/mol. The van der Waals surface area contributed by atoms with E-state index in [0.29, 0.717) is 68.0 Å². The van der Waals surface area contributed by atoms with Crippen molar-refractivity contribution in [3.8, 4) is 5.75 Å². The SMILES string of the molecule is NC(=O)c1ccc(Nc2nc(NCCOCCOCCNC(=O)c3ccccc3)nc(Nc3ccc(O)cc3)n2)cc1. The van der Waals surface area contributed by atoms with Gasteiger partial charge in [-0.25, -0.2) is 0 Å². The Balaban J connectivity index is 1.23. The van der Waals surface area contributed by atoms with Crippen LogP contribution in [-0.2, 0) is 9.47 Å². The van der Waals surface area contributed by atoms with Gasteiger partial charge in [0, 0.05) is 35.6 Å². The summed E-state index contributed by atoms with van der Waals surface area (Å²) in [6.07, 6.45) is 0. The molecular weight excluding hydrogens is 540 g/mol. The molecule has 0 radical (unpaired) electrons. The Kier molecular flexibility index (Phi) is 11.0. The van der Waals surface area contributed by atoms with Crippen LogP contribution in [0.15, 0.2) is 78.9 Å². The van der Waals surface area contributed by atoms with Gasteiger partial charge < -0.3 is 41.6 Å². The van der Waals surface area contributed by atoms with Crippen LogP contribution >= 0.6 is 0 Å². The number of benzene rings is 3. The van der Waals surface area contributed by atoms with Crippen LogP contribution in [0, 0.1) is 0 Å². The fourth-order valence-corrected chi connectivity index (χ4v) is 3.57. The van der Waals surface area contributed by atoms with E-state index in [4.69, 9.17) is 15.2 Å². The largest absolute Gasteiger partial charge is 0.508 e. The average molecular weight is 573 g/mol. The summed E-state index contributed by atoms with van der Waals surface area (Å²) in [4.78, 5) is 36.6. The van der Waals surface area contributed by atoms with E-state index in [-0.39, 0.29) is 23.6 Å². The van der Waals surface area contributed by atoms with Crippen LogP contribution in [0.2, 0.25) is 0 Å². The number of aromatic nitrogens is 3. The summed E-state index contributed by atoms with van der Waals surface area (Å²) in [5.74, 6) is 0.310. The number of carbonyl (C=O) groups is 2. The first kappa shape index (κ1) is 29.7. The van der Waals surface area contributed by atoms with Gasteiger partial charge >= 0.3 is 0 Å². The zero-order chi connectivity index (χ0) is 29.6. The van der Waals surface area contributed by atoms with Gasteiger partial charge in [-0.1, -0.05) is 18.2 Å².